The van der Waals surface area contributed by atoms with Crippen LogP contribution in [0.15, 0.2) is 127 Å². The maximum Gasteiger partial charge on any atom is 0.329 e. The molecular formula is C100H130N16O19. The largest absolute Gasteiger partial charge is 0.480 e. The molecule has 3 amide bonds. The number of nitrogens with zero attached hydrogens (tertiary/aromatic N) is 14. The fraction of sp³-hybridized carbons (Fsp3) is 0.560. The Hall–Kier alpha value is -11.4. The number of H-pyrrole nitrogens is 1. The number of Topliss-reactive ketones (excluding diaryl/α,β-unsaturated/α-hetero) is 3. The molecule has 5 aromatic heterocycles. The first-order valence-electron chi connectivity index (χ1n) is 47.5. The molecule has 0 unspecified atom stereocenters. The summed E-state index contributed by atoms with van der Waals surface area (Å²) in [5, 5.41) is 41.1. The highest BCUT2D eigenvalue weighted by atomic mass is 16.6. The van der Waals surface area contributed by atoms with Crippen molar-refractivity contribution in [2.24, 2.45) is 35.5 Å². The lowest BCUT2D eigenvalue weighted by Crippen LogP contribution is -2.61. The van der Waals surface area contributed by atoms with Gasteiger partial charge in [-0.05, 0) is 160 Å². The van der Waals surface area contributed by atoms with E-state index in [1.165, 1.54) is 28.8 Å². The number of anilines is 3. The van der Waals surface area contributed by atoms with Crippen molar-refractivity contribution in [1.82, 2.24) is 64.3 Å². The number of nitrogen functional groups attached to an aromatic ring is 1. The molecule has 16 atom stereocenters. The number of methoxy groups -OCH3 is 3. The highest BCUT2D eigenvalue weighted by molar-refractivity contribution is 6.39. The van der Waals surface area contributed by atoms with Crippen LogP contribution in [0.4, 0.5) is 17.7 Å². The van der Waals surface area contributed by atoms with E-state index >= 15 is 0 Å². The van der Waals surface area contributed by atoms with Gasteiger partial charge in [0.2, 0.25) is 23.6 Å². The van der Waals surface area contributed by atoms with E-state index in [2.05, 4.69) is 69.0 Å². The van der Waals surface area contributed by atoms with Gasteiger partial charge in [-0.15, -0.1) is 0 Å². The summed E-state index contributed by atoms with van der Waals surface area (Å²) in [6, 6.07) is 12.1. The molecule has 1 aliphatic carbocycles. The van der Waals surface area contributed by atoms with Crippen molar-refractivity contribution in [3.8, 4) is 11.3 Å². The molecule has 1 saturated carbocycles. The number of carboxylic acid groups (broad SMARTS) is 1. The number of cyclic esters (lactones) is 1. The molecule has 6 N–H and O–H groups in total. The van der Waals surface area contributed by atoms with Gasteiger partial charge in [0.05, 0.1) is 62.0 Å². The minimum absolute atomic E-state index is 0.00558. The highest BCUT2D eigenvalue weighted by Crippen LogP contribution is 2.40. The predicted octanol–water partition coefficient (Wildman–Crippen LogP) is 9.39. The number of aliphatic hydroxyl groups is 2. The van der Waals surface area contributed by atoms with Crippen LogP contribution < -0.4 is 15.5 Å². The van der Waals surface area contributed by atoms with Crippen LogP contribution in [0.5, 0.6) is 0 Å². The zero-order valence-electron chi connectivity index (χ0n) is 79.1. The molecule has 2 bridgehead atoms. The van der Waals surface area contributed by atoms with Crippen LogP contribution >= 0.6 is 0 Å². The number of aliphatic hydroxyl groups excluding tert-OH is 1. The monoisotopic (exact) mass is 1860 g/mol. The van der Waals surface area contributed by atoms with Crippen LogP contribution in [-0.2, 0) is 97.4 Å². The van der Waals surface area contributed by atoms with E-state index in [1.807, 2.05) is 85.1 Å². The number of rotatable bonds is 23. The van der Waals surface area contributed by atoms with E-state index < -0.39 is 114 Å². The number of esters is 2. The Bertz CT molecular complexity index is 5500. The second kappa shape index (κ2) is 45.5. The zero-order chi connectivity index (χ0) is 95.9. The molecule has 35 nitrogen and oxygen atoms in total. The summed E-state index contributed by atoms with van der Waals surface area (Å²) in [4.78, 5) is 167. The fourth-order valence-corrected chi connectivity index (χ4v) is 20.0. The number of carbonyl (C=O) groups excluding carboxylic acids is 8. The molecule has 4 saturated heterocycles. The number of piperazine rings is 2. The number of ether oxygens (including phenoxy) is 7. The molecule has 0 radical (unpaired) electrons. The number of nitrogens with two attached hydrogens (primary N) is 1. The summed E-state index contributed by atoms with van der Waals surface area (Å²) < 4.78 is 44.1. The van der Waals surface area contributed by atoms with Crippen LogP contribution in [0.2, 0.25) is 0 Å². The van der Waals surface area contributed by atoms with Gasteiger partial charge in [-0.2, -0.15) is 5.10 Å². The number of ketones is 3. The summed E-state index contributed by atoms with van der Waals surface area (Å²) in [5.74, 6) is -9.84. The first kappa shape index (κ1) is 99.5. The van der Waals surface area contributed by atoms with Gasteiger partial charge in [0.25, 0.3) is 17.6 Å². The van der Waals surface area contributed by atoms with E-state index in [4.69, 9.17) is 44.0 Å². The Balaban J connectivity index is 0.512. The lowest BCUT2D eigenvalue weighted by atomic mass is 9.78. The molecule has 0 spiro atoms. The standard InChI is InChI=1S/C100H130N16O19/c1-60-16-12-11-13-17-61(2)81(129-8)50-75-25-19-66(7)100(128,135-75)91(122)95(124)115-33-15-14-18-77(115)97(127)134-82(51-79(117)62(3)45-65(6)89(121)90(131-10)88(120)64(5)44-60)63(4)46-67-21-27-80(83(48-67)130-9)133-85(119)28-22-69-52-103-99(104-53-69)113-39-40-114(78(58-113)96(125)126)84(118)31-42-132-43-41-110-35-37-111(38-36-110)98-105-54-74(55-106-98)94(123)112-34-30-70-47-68(20-23-73(70)57-112)56-116-93-86(92(101)107-59-108-93)87(109-116)72-24-26-76-71(49-72)29-32-102-76/h11-13,16-17,20,23-24,26,29,32,45,47,49,52-55,59-60,62-64,66-67,75,77-78,80-83,89-90,102,121,128H,14-15,18-19,21-22,25,27-28,30-31,33-44,46,48,50-51,56-58H2,1-10H3,(H,125,126)(H2,101,107,108)/b13-11+,16-12+,61-17+,65-45+/t60-,62-,63-,64-,66-,67+,75+,77+,78-,80-,81+,82+,83-,89-,90+,100-/m1/s1. The van der Waals surface area contributed by atoms with Gasteiger partial charge in [-0.25, -0.2) is 44.2 Å². The van der Waals surface area contributed by atoms with E-state index in [-0.39, 0.29) is 112 Å². The Labute approximate surface area is 787 Å². The lowest BCUT2D eigenvalue weighted by molar-refractivity contribution is -0.265. The minimum Gasteiger partial charge on any atom is -0.480 e. The third-order valence-electron chi connectivity index (χ3n) is 28.2. The van der Waals surface area contributed by atoms with Crippen LogP contribution in [0, 0.1) is 35.5 Å². The van der Waals surface area contributed by atoms with E-state index in [0.717, 1.165) is 33.2 Å². The number of carbonyl (C=O) groups is 9. The number of aromatic nitrogens is 9. The number of carboxylic acids is 1. The molecule has 5 fully saturated rings. The highest BCUT2D eigenvalue weighted by Gasteiger charge is 2.54. The normalized spacial score (nSPS) is 28.1. The number of allylic oxidation sites excluding steroid dienone is 6. The number of aromatic amines is 1. The Kier molecular flexibility index (Phi) is 33.5. The van der Waals surface area contributed by atoms with Crippen molar-refractivity contribution in [3.63, 3.8) is 0 Å². The van der Waals surface area contributed by atoms with Gasteiger partial charge in [0.1, 0.15) is 60.1 Å². The van der Waals surface area contributed by atoms with Crippen molar-refractivity contribution in [1.29, 1.82) is 0 Å². The lowest BCUT2D eigenvalue weighted by Gasteiger charge is -2.42. The number of aliphatic carboxylic acids is 1. The first-order valence-corrected chi connectivity index (χ1v) is 47.5. The van der Waals surface area contributed by atoms with E-state index in [1.54, 1.807) is 77.7 Å². The van der Waals surface area contributed by atoms with E-state index in [0.29, 0.717) is 168 Å². The van der Waals surface area contributed by atoms with Gasteiger partial charge >= 0.3 is 17.9 Å². The Morgan fingerprint density at radius 3 is 2.26 bits per heavy atom. The van der Waals surface area contributed by atoms with Crippen LogP contribution in [-0.4, -0.2) is 293 Å². The van der Waals surface area contributed by atoms with Crippen LogP contribution in [0.1, 0.15) is 171 Å². The van der Waals surface area contributed by atoms with Crippen LogP contribution in [0.3, 0.4) is 0 Å². The van der Waals surface area contributed by atoms with Crippen molar-refractivity contribution >= 4 is 92.6 Å². The number of aryl methyl sites for hydroxylation is 1. The topological polar surface area (TPSA) is 435 Å². The second-order valence-electron chi connectivity index (χ2n) is 37.6. The SMILES string of the molecule is CO[C@H]1C[C@@H]2CC[C@@H](C)[C@@](O)(O2)C(=O)C(=O)N2CCCC[C@H]2C(=O)O[C@H]([C@H](C)C[C@@H]2CC[C@@H](OC(=O)CCc3cnc(N4CCN(C(=O)CCOCCN5CCN(c6ncc(C(=O)N7CCc8cc(Cn9nc(-c%10ccc%11[nH]ccc%11c%10)c%10c(N)ncnc%109)ccc8C7)cn6)CC5)[C@@H](C(=O)O)C4)nc3)[C@H](OC)C2)CC(=O)[C@H](C)/C=C(\C)[C@@H](O)[C@@H](OC)C(=O)[C@H](C)C[C@H](C)/C=C/C=C/C=C/1C. The fourth-order valence-electron chi connectivity index (χ4n) is 20.0. The maximum atomic E-state index is 14.9. The number of benzene rings is 2. The second-order valence-corrected chi connectivity index (χ2v) is 37.6. The predicted molar refractivity (Wildman–Crippen MR) is 502 cm³/mol. The number of fused-ring (bicyclic) bond motifs is 6. The third-order valence-corrected chi connectivity index (χ3v) is 28.2. The number of hydrogen-bond acceptors (Lipinski definition) is 29. The number of piperidine rings is 1. The molecule has 11 heterocycles. The average molecular weight is 1860 g/mol. The molecule has 135 heavy (non-hydrogen) atoms. The molecule has 7 aromatic rings. The molecular weight excluding hydrogens is 1730 g/mol. The number of nitrogens with one attached hydrogen (secondary N) is 1. The molecule has 7 aliphatic rings. The number of hydrogen-bond donors (Lipinski definition) is 5. The first-order chi connectivity index (χ1) is 64.9. The molecule has 6 aliphatic heterocycles. The summed E-state index contributed by atoms with van der Waals surface area (Å²) in [6.45, 7) is 18.2. The molecule has 724 valence electrons. The van der Waals surface area contributed by atoms with Crippen LogP contribution in [0.25, 0.3) is 33.2 Å². The zero-order valence-corrected chi connectivity index (χ0v) is 79.1. The van der Waals surface area contributed by atoms with Crippen molar-refractivity contribution < 1.29 is 91.6 Å². The quantitative estimate of drug-likeness (QED) is 0.0172. The summed E-state index contributed by atoms with van der Waals surface area (Å²) in [5.41, 5.74) is 15.3. The van der Waals surface area contributed by atoms with E-state index in [9.17, 15) is 58.5 Å². The smallest absolute Gasteiger partial charge is 0.329 e. The van der Waals surface area contributed by atoms with Gasteiger partial charge in [0.15, 0.2) is 11.4 Å². The third kappa shape index (κ3) is 24.2. The van der Waals surface area contributed by atoms with Crippen molar-refractivity contribution in [2.45, 2.75) is 225 Å². The Morgan fingerprint density at radius 2 is 1.50 bits per heavy atom. The summed E-state index contributed by atoms with van der Waals surface area (Å²) in [6.07, 6.45) is 20.1. The maximum absolute atomic E-state index is 14.9. The Morgan fingerprint density at radius 1 is 0.741 bits per heavy atom. The molecule has 35 heteroatoms. The van der Waals surface area contributed by atoms with Gasteiger partial charge in [-0.3, -0.25) is 38.5 Å². The number of amides is 3. The summed E-state index contributed by atoms with van der Waals surface area (Å²) in [7, 11) is 4.47. The van der Waals surface area contributed by atoms with Gasteiger partial charge in [-0.1, -0.05) is 95.3 Å². The van der Waals surface area contributed by atoms with Crippen molar-refractivity contribution in [3.05, 3.63) is 155 Å². The molecule has 2 aromatic carbocycles. The van der Waals surface area contributed by atoms with Crippen molar-refractivity contribution in [2.75, 3.05) is 116 Å². The molecule has 14 rings (SSSR count). The summed E-state index contributed by atoms with van der Waals surface area (Å²) >= 11 is 0. The van der Waals surface area contributed by atoms with Gasteiger partial charge in [0, 0.05) is 171 Å². The minimum atomic E-state index is -2.50. The van der Waals surface area contributed by atoms with Gasteiger partial charge < -0.3 is 83.7 Å². The average Bonchev–Trinajstić information content (AvgIpc) is 1.69.